The van der Waals surface area contributed by atoms with Gasteiger partial charge in [-0.15, -0.1) is 0 Å². The molecule has 0 spiro atoms. The fraction of sp³-hybridized carbons (Fsp3) is 0.100. The fourth-order valence-corrected chi connectivity index (χ4v) is 1.60. The molecule has 0 saturated carbocycles. The van der Waals surface area contributed by atoms with Crippen molar-refractivity contribution in [1.82, 2.24) is 9.78 Å². The highest BCUT2D eigenvalue weighted by Gasteiger charge is 2.11. The van der Waals surface area contributed by atoms with E-state index in [4.69, 9.17) is 4.74 Å². The lowest BCUT2D eigenvalue weighted by atomic mass is 10.2. The summed E-state index contributed by atoms with van der Waals surface area (Å²) in [6, 6.07) is 8.08. The molecule has 2 heterocycles. The van der Waals surface area contributed by atoms with Crippen LogP contribution in [0.5, 0.6) is 0 Å². The van der Waals surface area contributed by atoms with E-state index in [0.717, 1.165) is 11.2 Å². The molecule has 2 aromatic rings. The van der Waals surface area contributed by atoms with Crippen molar-refractivity contribution in [3.8, 4) is 0 Å². The van der Waals surface area contributed by atoms with E-state index in [1.54, 1.807) is 6.26 Å². The second-order valence-electron chi connectivity index (χ2n) is 3.00. The van der Waals surface area contributed by atoms with Crippen LogP contribution in [0.1, 0.15) is 5.69 Å². The van der Waals surface area contributed by atoms with E-state index in [1.807, 2.05) is 29.1 Å². The molecule has 64 valence electrons. The largest absolute Gasteiger partial charge is 0.493 e. The van der Waals surface area contributed by atoms with E-state index < -0.39 is 0 Å². The first-order valence-corrected chi connectivity index (χ1v) is 4.19. The van der Waals surface area contributed by atoms with Crippen LogP contribution in [-0.2, 0) is 11.3 Å². The van der Waals surface area contributed by atoms with Gasteiger partial charge in [0, 0.05) is 5.39 Å². The second-order valence-corrected chi connectivity index (χ2v) is 3.00. The van der Waals surface area contributed by atoms with Gasteiger partial charge in [0.1, 0.15) is 12.9 Å². The van der Waals surface area contributed by atoms with Gasteiger partial charge in [-0.1, -0.05) is 18.2 Å². The molecule has 13 heavy (non-hydrogen) atoms. The van der Waals surface area contributed by atoms with Gasteiger partial charge in [-0.2, -0.15) is 5.10 Å². The highest BCUT2D eigenvalue weighted by Crippen LogP contribution is 2.21. The zero-order chi connectivity index (χ0) is 8.67. The predicted octanol–water partition coefficient (Wildman–Crippen LogP) is 1.99. The molecule has 3 rings (SSSR count). The van der Waals surface area contributed by atoms with Gasteiger partial charge in [0.25, 0.3) is 0 Å². The molecule has 3 heteroatoms. The molecule has 1 aromatic carbocycles. The zero-order valence-corrected chi connectivity index (χ0v) is 6.97. The minimum atomic E-state index is 0.608. The fourth-order valence-electron chi connectivity index (χ4n) is 1.60. The van der Waals surface area contributed by atoms with Gasteiger partial charge in [-0.3, -0.25) is 0 Å². The van der Waals surface area contributed by atoms with E-state index in [-0.39, 0.29) is 0 Å². The van der Waals surface area contributed by atoms with E-state index in [0.29, 0.717) is 6.61 Å². The Morgan fingerprint density at radius 1 is 1.31 bits per heavy atom. The van der Waals surface area contributed by atoms with E-state index in [2.05, 4.69) is 11.2 Å². The number of ether oxygens (including phenoxy) is 1. The van der Waals surface area contributed by atoms with Crippen molar-refractivity contribution in [1.29, 1.82) is 0 Å². The van der Waals surface area contributed by atoms with Crippen molar-refractivity contribution in [3.05, 3.63) is 36.2 Å². The van der Waals surface area contributed by atoms with Crippen molar-refractivity contribution in [2.24, 2.45) is 0 Å². The highest BCUT2D eigenvalue weighted by atomic mass is 16.5. The summed E-state index contributed by atoms with van der Waals surface area (Å²) in [6.45, 7) is 0.608. The van der Waals surface area contributed by atoms with Crippen molar-refractivity contribution < 1.29 is 4.74 Å². The van der Waals surface area contributed by atoms with Gasteiger partial charge >= 0.3 is 0 Å². The topological polar surface area (TPSA) is 27.1 Å². The van der Waals surface area contributed by atoms with Crippen LogP contribution in [0.4, 0.5) is 0 Å². The van der Waals surface area contributed by atoms with E-state index in [1.165, 1.54) is 5.39 Å². The first kappa shape index (κ1) is 6.71. The minimum Gasteiger partial charge on any atom is -0.493 e. The van der Waals surface area contributed by atoms with E-state index in [9.17, 15) is 0 Å². The summed E-state index contributed by atoms with van der Waals surface area (Å²) in [5.41, 5.74) is 2.14. The molecule has 1 aromatic heterocycles. The predicted molar refractivity (Wildman–Crippen MR) is 49.9 cm³/mol. The molecule has 0 saturated heterocycles. The summed E-state index contributed by atoms with van der Waals surface area (Å²) in [7, 11) is 0. The second kappa shape index (κ2) is 2.36. The number of rotatable bonds is 0. The van der Waals surface area contributed by atoms with Crippen LogP contribution in [0.3, 0.4) is 0 Å². The van der Waals surface area contributed by atoms with Crippen molar-refractivity contribution >= 4 is 17.1 Å². The molecule has 0 aliphatic carbocycles. The van der Waals surface area contributed by atoms with Crippen LogP contribution in [-0.4, -0.2) is 9.78 Å². The van der Waals surface area contributed by atoms with Crippen LogP contribution in [0.25, 0.3) is 17.1 Å². The Kier molecular flexibility index (Phi) is 1.22. The van der Waals surface area contributed by atoms with Crippen molar-refractivity contribution in [2.45, 2.75) is 6.61 Å². The number of nitrogens with zero attached hydrogens (tertiary/aromatic N) is 2. The van der Waals surface area contributed by atoms with Crippen molar-refractivity contribution in [2.75, 3.05) is 0 Å². The average molecular weight is 172 g/mol. The Morgan fingerprint density at radius 2 is 2.23 bits per heavy atom. The first-order chi connectivity index (χ1) is 6.45. The Bertz CT molecular complexity index is 485. The number of aromatic nitrogens is 2. The summed E-state index contributed by atoms with van der Waals surface area (Å²) >= 11 is 0. The number of fused-ring (bicyclic) bond motifs is 3. The van der Waals surface area contributed by atoms with Crippen LogP contribution >= 0.6 is 0 Å². The molecule has 0 N–H and O–H groups in total. The average Bonchev–Trinajstić information content (AvgIpc) is 2.56. The van der Waals surface area contributed by atoms with Gasteiger partial charge < -0.3 is 4.74 Å². The van der Waals surface area contributed by atoms with Gasteiger partial charge in [0.15, 0.2) is 0 Å². The normalized spacial score (nSPS) is 14.2. The first-order valence-electron chi connectivity index (χ1n) is 4.19. The number of hydrogen-bond acceptors (Lipinski definition) is 2. The molecule has 3 nitrogen and oxygen atoms in total. The molecule has 0 unspecified atom stereocenters. The molecule has 0 bridgehead atoms. The molecule has 0 radical (unpaired) electrons. The number of hydrogen-bond donors (Lipinski definition) is 0. The summed E-state index contributed by atoms with van der Waals surface area (Å²) in [5, 5.41) is 5.58. The summed E-state index contributed by atoms with van der Waals surface area (Å²) in [6.07, 6.45) is 3.50. The molecule has 0 fully saturated rings. The maximum Gasteiger partial charge on any atom is 0.130 e. The molecule has 1 aliphatic rings. The standard InChI is InChI=1S/C10H8N2O/c1-2-4-9-8(3-1)10-7-13-6-5-12(10)11-9/h1-6H,7H2. The third-order valence-electron chi connectivity index (χ3n) is 2.23. The van der Waals surface area contributed by atoms with Gasteiger partial charge in [0.05, 0.1) is 17.4 Å². The van der Waals surface area contributed by atoms with Crippen LogP contribution < -0.4 is 0 Å². The number of benzene rings is 1. The SMILES string of the molecule is C1=Cn2nc3ccccc3c2CO1. The van der Waals surface area contributed by atoms with Crippen LogP contribution in [0, 0.1) is 0 Å². The maximum atomic E-state index is 5.22. The van der Waals surface area contributed by atoms with Crippen molar-refractivity contribution in [3.63, 3.8) is 0 Å². The minimum absolute atomic E-state index is 0.608. The smallest absolute Gasteiger partial charge is 0.130 e. The quantitative estimate of drug-likeness (QED) is 0.607. The van der Waals surface area contributed by atoms with Gasteiger partial charge in [0.2, 0.25) is 0 Å². The van der Waals surface area contributed by atoms with Gasteiger partial charge in [-0.05, 0) is 6.07 Å². The Balaban J connectivity index is 2.41. The third-order valence-corrected chi connectivity index (χ3v) is 2.23. The van der Waals surface area contributed by atoms with Crippen LogP contribution in [0.2, 0.25) is 0 Å². The molecular weight excluding hydrogens is 164 g/mol. The van der Waals surface area contributed by atoms with Crippen LogP contribution in [0.15, 0.2) is 30.5 Å². The Labute approximate surface area is 75.2 Å². The molecule has 0 amide bonds. The summed E-state index contributed by atoms with van der Waals surface area (Å²) < 4.78 is 7.09. The zero-order valence-electron chi connectivity index (χ0n) is 6.97. The molecule has 1 aliphatic heterocycles. The lowest BCUT2D eigenvalue weighted by Crippen LogP contribution is -2.02. The summed E-state index contributed by atoms with van der Waals surface area (Å²) in [4.78, 5) is 0. The van der Waals surface area contributed by atoms with Gasteiger partial charge in [-0.25, -0.2) is 4.68 Å². The van der Waals surface area contributed by atoms with E-state index >= 15 is 0 Å². The third kappa shape index (κ3) is 0.869. The highest BCUT2D eigenvalue weighted by molar-refractivity contribution is 5.82. The monoisotopic (exact) mass is 172 g/mol. The molecular formula is C10H8N2O. The Hall–Kier alpha value is -1.77. The summed E-state index contributed by atoms with van der Waals surface area (Å²) in [5.74, 6) is 0. The Morgan fingerprint density at radius 3 is 3.23 bits per heavy atom. The lowest BCUT2D eigenvalue weighted by Gasteiger charge is -2.07. The maximum absolute atomic E-state index is 5.22. The molecule has 0 atom stereocenters. The lowest BCUT2D eigenvalue weighted by molar-refractivity contribution is 0.224.